The molecule has 0 spiro atoms. The van der Waals surface area contributed by atoms with Crippen molar-refractivity contribution in [1.82, 2.24) is 29.7 Å². The Morgan fingerprint density at radius 2 is 2.21 bits per heavy atom. The predicted octanol–water partition coefficient (Wildman–Crippen LogP) is 0.577. The van der Waals surface area contributed by atoms with E-state index in [9.17, 15) is 0 Å². The Kier molecular flexibility index (Phi) is 4.23. The van der Waals surface area contributed by atoms with Crippen molar-refractivity contribution in [3.63, 3.8) is 0 Å². The third kappa shape index (κ3) is 3.36. The number of nitrogens with zero attached hydrogens (tertiary/aromatic N) is 7. The molecule has 2 aromatic rings. The molecule has 2 aromatic heterocycles. The van der Waals surface area contributed by atoms with Gasteiger partial charge in [0.25, 0.3) is 5.95 Å². The molecule has 0 saturated carbocycles. The lowest BCUT2D eigenvalue weighted by molar-refractivity contribution is 0.124. The summed E-state index contributed by atoms with van der Waals surface area (Å²) in [6, 6.07) is 0. The predicted molar refractivity (Wildman–Crippen MR) is 69.5 cm³/mol. The van der Waals surface area contributed by atoms with Crippen LogP contribution in [0.15, 0.2) is 12.7 Å². The molecule has 1 atom stereocenters. The standard InChI is InChI=1S/C10H14ClN7O/c1-7(19-3)4-17(2)9-14-8(11)15-10(16-9)18-6-12-5-13-18/h5-7H,4H2,1-3H3. The summed E-state index contributed by atoms with van der Waals surface area (Å²) in [6.07, 6.45) is 2.94. The molecule has 0 aromatic carbocycles. The molecule has 102 valence electrons. The van der Waals surface area contributed by atoms with Gasteiger partial charge in [-0.05, 0) is 18.5 Å². The first-order chi connectivity index (χ1) is 9.10. The molecule has 0 aliphatic carbocycles. The lowest BCUT2D eigenvalue weighted by atomic mass is 10.4. The number of hydrogen-bond donors (Lipinski definition) is 0. The van der Waals surface area contributed by atoms with Crippen LogP contribution in [0, 0.1) is 0 Å². The maximum absolute atomic E-state index is 5.90. The van der Waals surface area contributed by atoms with Crippen molar-refractivity contribution in [1.29, 1.82) is 0 Å². The van der Waals surface area contributed by atoms with E-state index in [1.807, 2.05) is 18.9 Å². The zero-order chi connectivity index (χ0) is 13.8. The lowest BCUT2D eigenvalue weighted by Gasteiger charge is -2.20. The molecule has 2 rings (SSSR count). The van der Waals surface area contributed by atoms with Crippen LogP contribution in [0.5, 0.6) is 0 Å². The Morgan fingerprint density at radius 3 is 2.84 bits per heavy atom. The van der Waals surface area contributed by atoms with Gasteiger partial charge in [0.1, 0.15) is 12.7 Å². The third-order valence-corrected chi connectivity index (χ3v) is 2.65. The number of likely N-dealkylation sites (N-methyl/N-ethyl adjacent to an activating group) is 1. The van der Waals surface area contributed by atoms with Gasteiger partial charge in [-0.3, -0.25) is 0 Å². The highest BCUT2D eigenvalue weighted by molar-refractivity contribution is 6.28. The van der Waals surface area contributed by atoms with Crippen molar-refractivity contribution < 1.29 is 4.74 Å². The Hall–Kier alpha value is -1.80. The van der Waals surface area contributed by atoms with E-state index in [2.05, 4.69) is 25.0 Å². The fourth-order valence-corrected chi connectivity index (χ4v) is 1.61. The quantitative estimate of drug-likeness (QED) is 0.793. The maximum Gasteiger partial charge on any atom is 0.258 e. The highest BCUT2D eigenvalue weighted by atomic mass is 35.5. The Morgan fingerprint density at radius 1 is 1.42 bits per heavy atom. The van der Waals surface area contributed by atoms with Gasteiger partial charge in [-0.15, -0.1) is 0 Å². The molecule has 1 unspecified atom stereocenters. The van der Waals surface area contributed by atoms with E-state index in [-0.39, 0.29) is 11.4 Å². The second kappa shape index (κ2) is 5.89. The van der Waals surface area contributed by atoms with Crippen LogP contribution in [0.1, 0.15) is 6.92 Å². The highest BCUT2D eigenvalue weighted by Crippen LogP contribution is 2.12. The number of ether oxygens (including phenoxy) is 1. The molecule has 0 aliphatic heterocycles. The normalized spacial score (nSPS) is 12.4. The summed E-state index contributed by atoms with van der Waals surface area (Å²) in [4.78, 5) is 18.0. The Balaban J connectivity index is 2.26. The zero-order valence-electron chi connectivity index (χ0n) is 10.9. The lowest BCUT2D eigenvalue weighted by Crippen LogP contribution is -2.30. The third-order valence-electron chi connectivity index (χ3n) is 2.48. The second-order valence-corrected chi connectivity index (χ2v) is 4.31. The van der Waals surface area contributed by atoms with Crippen molar-refractivity contribution in [3.05, 3.63) is 17.9 Å². The summed E-state index contributed by atoms with van der Waals surface area (Å²) < 4.78 is 6.62. The molecule has 0 saturated heterocycles. The molecular weight excluding hydrogens is 270 g/mol. The van der Waals surface area contributed by atoms with Gasteiger partial charge in [-0.2, -0.15) is 24.7 Å². The van der Waals surface area contributed by atoms with Gasteiger partial charge in [-0.1, -0.05) is 0 Å². The van der Waals surface area contributed by atoms with Crippen LogP contribution in [-0.4, -0.2) is 56.5 Å². The molecule has 0 amide bonds. The van der Waals surface area contributed by atoms with Gasteiger partial charge >= 0.3 is 0 Å². The van der Waals surface area contributed by atoms with Crippen molar-refractivity contribution in [2.24, 2.45) is 0 Å². The summed E-state index contributed by atoms with van der Waals surface area (Å²) in [6.45, 7) is 2.59. The van der Waals surface area contributed by atoms with Gasteiger partial charge in [0.2, 0.25) is 11.2 Å². The number of aromatic nitrogens is 6. The van der Waals surface area contributed by atoms with Crippen molar-refractivity contribution in [3.8, 4) is 5.95 Å². The molecule has 9 heteroatoms. The summed E-state index contributed by atoms with van der Waals surface area (Å²) in [7, 11) is 3.51. The number of rotatable bonds is 5. The van der Waals surface area contributed by atoms with Gasteiger partial charge in [0.15, 0.2) is 0 Å². The monoisotopic (exact) mass is 283 g/mol. The minimum absolute atomic E-state index is 0.0513. The van der Waals surface area contributed by atoms with Gasteiger partial charge in [0, 0.05) is 20.7 Å². The summed E-state index contributed by atoms with van der Waals surface area (Å²) in [5.41, 5.74) is 0. The van der Waals surface area contributed by atoms with Crippen LogP contribution in [0.25, 0.3) is 5.95 Å². The number of anilines is 1. The first-order valence-corrected chi connectivity index (χ1v) is 5.98. The summed E-state index contributed by atoms with van der Waals surface area (Å²) >= 11 is 5.90. The van der Waals surface area contributed by atoms with E-state index in [1.165, 1.54) is 17.3 Å². The molecule has 0 aliphatic rings. The van der Waals surface area contributed by atoms with E-state index in [0.29, 0.717) is 18.4 Å². The minimum atomic E-state index is 0.0513. The first kappa shape index (κ1) is 13.6. The Labute approximate surface area is 115 Å². The van der Waals surface area contributed by atoms with E-state index in [0.717, 1.165) is 0 Å². The van der Waals surface area contributed by atoms with E-state index < -0.39 is 0 Å². The largest absolute Gasteiger partial charge is 0.380 e. The number of methoxy groups -OCH3 is 1. The molecular formula is C10H14ClN7O. The molecule has 0 fully saturated rings. The van der Waals surface area contributed by atoms with Gasteiger partial charge in [0.05, 0.1) is 6.10 Å². The minimum Gasteiger partial charge on any atom is -0.380 e. The number of hydrogen-bond acceptors (Lipinski definition) is 7. The fourth-order valence-electron chi connectivity index (χ4n) is 1.46. The molecule has 8 nitrogen and oxygen atoms in total. The van der Waals surface area contributed by atoms with E-state index >= 15 is 0 Å². The van der Waals surface area contributed by atoms with Crippen LogP contribution in [0.4, 0.5) is 5.95 Å². The molecule has 19 heavy (non-hydrogen) atoms. The van der Waals surface area contributed by atoms with Crippen LogP contribution >= 0.6 is 11.6 Å². The fraction of sp³-hybridized carbons (Fsp3) is 0.500. The smallest absolute Gasteiger partial charge is 0.258 e. The average Bonchev–Trinajstić information content (AvgIpc) is 2.91. The molecule has 0 radical (unpaired) electrons. The zero-order valence-corrected chi connectivity index (χ0v) is 11.6. The van der Waals surface area contributed by atoms with E-state index in [1.54, 1.807) is 7.11 Å². The SMILES string of the molecule is COC(C)CN(C)c1nc(Cl)nc(-n2cncn2)n1. The highest BCUT2D eigenvalue weighted by Gasteiger charge is 2.13. The van der Waals surface area contributed by atoms with Crippen LogP contribution in [0.3, 0.4) is 0 Å². The van der Waals surface area contributed by atoms with Crippen molar-refractivity contribution in [2.45, 2.75) is 13.0 Å². The Bertz CT molecular complexity index is 533. The average molecular weight is 284 g/mol. The van der Waals surface area contributed by atoms with Gasteiger partial charge < -0.3 is 9.64 Å². The van der Waals surface area contributed by atoms with Crippen LogP contribution < -0.4 is 4.90 Å². The van der Waals surface area contributed by atoms with Crippen LogP contribution in [-0.2, 0) is 4.74 Å². The van der Waals surface area contributed by atoms with Crippen LogP contribution in [0.2, 0.25) is 5.28 Å². The second-order valence-electron chi connectivity index (χ2n) is 3.97. The maximum atomic E-state index is 5.90. The summed E-state index contributed by atoms with van der Waals surface area (Å²) in [5, 5.41) is 4.06. The number of halogens is 1. The molecule has 0 bridgehead atoms. The molecule has 0 N–H and O–H groups in total. The summed E-state index contributed by atoms with van der Waals surface area (Å²) in [5.74, 6) is 0.777. The topological polar surface area (TPSA) is 81.9 Å². The van der Waals surface area contributed by atoms with Crippen molar-refractivity contribution >= 4 is 17.5 Å². The molecule has 2 heterocycles. The van der Waals surface area contributed by atoms with E-state index in [4.69, 9.17) is 16.3 Å². The van der Waals surface area contributed by atoms with Crippen molar-refractivity contribution in [2.75, 3.05) is 25.6 Å². The van der Waals surface area contributed by atoms with Gasteiger partial charge in [-0.25, -0.2) is 4.98 Å². The first-order valence-electron chi connectivity index (χ1n) is 5.60.